The highest BCUT2D eigenvalue weighted by atomic mass is 18.2. The number of hydrogen-bond donors (Lipinski definition) is 2. The number of ether oxygens (including phenoxy) is 6. The minimum atomic E-state index is -0.503. The first-order valence-electron chi connectivity index (χ1n) is 20.3. The molecule has 22 nitrogen and oxygen atoms in total. The Balaban J connectivity index is 0.000000322. The van der Waals surface area contributed by atoms with Gasteiger partial charge in [0.2, 0.25) is 23.6 Å². The minimum Gasteiger partial charge on any atom is -0.377 e. The third-order valence-corrected chi connectivity index (χ3v) is 8.14. The second-order valence-corrected chi connectivity index (χ2v) is 13.1. The van der Waals surface area contributed by atoms with Crippen LogP contribution in [0, 0.1) is 5.92 Å². The fourth-order valence-electron chi connectivity index (χ4n) is 4.93. The number of nitrogens with zero attached hydrogens (tertiary/aromatic N) is 10. The summed E-state index contributed by atoms with van der Waals surface area (Å²) in [6, 6.07) is 0. The number of rotatable bonds is 31. The van der Waals surface area contributed by atoms with Gasteiger partial charge in [0.15, 0.2) is 0 Å². The standard InChI is InChI=1S/C14H21FN4O4.C12H21FN4O3.C11H19FN4O3/c1-11-8-13(20)19(14(11)21)4-7-23-10-12-9-18(17-16-12)3-6-22-5-2-15;1-2-12(18)14-4-7-20-10-11-9-17(16-15-11)5-8-19-6-3-13;1-13-11(17)2-5-19-9-10-8-16(15-14-10)4-7-18-6-3-12/h9,11H,2-8,10H2,1H3;9H,2-8,10H2,1H3,(H,14,18);8H,2-7,9H2,1H3,(H,13,17)/i15-1;13-1;12-1. The number of likely N-dealkylation sites (tertiary alicyclic amines) is 1. The van der Waals surface area contributed by atoms with Crippen molar-refractivity contribution in [3.05, 3.63) is 35.7 Å². The van der Waals surface area contributed by atoms with Crippen molar-refractivity contribution < 1.29 is 60.8 Å². The first-order valence-corrected chi connectivity index (χ1v) is 20.3. The monoisotopic (exact) mass is 887 g/mol. The van der Waals surface area contributed by atoms with Crippen molar-refractivity contribution in [3.63, 3.8) is 0 Å². The molecule has 0 aromatic carbocycles. The van der Waals surface area contributed by atoms with Gasteiger partial charge >= 0.3 is 0 Å². The summed E-state index contributed by atoms with van der Waals surface area (Å²) in [5.41, 5.74) is 2.03. The van der Waals surface area contributed by atoms with Crippen LogP contribution in [0.2, 0.25) is 0 Å². The third kappa shape index (κ3) is 23.9. The summed E-state index contributed by atoms with van der Waals surface area (Å²) in [7, 11) is 1.58. The fraction of sp³-hybridized carbons (Fsp3) is 0.730. The Morgan fingerprint density at radius 1 is 0.645 bits per heavy atom. The SMILES string of the molecule is CC1CC(=O)N(CCOCc2cn(CCOCC[18F])nn2)C1=O.CCC(=O)NCCOCc1cn(CCOCC[18F])nn1.CNC(=O)CCOCc1cn(CCOCC[18F])nn1. The molecule has 1 aliphatic rings. The number of amides is 4. The van der Waals surface area contributed by atoms with E-state index in [-0.39, 0.29) is 75.5 Å². The van der Waals surface area contributed by atoms with E-state index in [9.17, 15) is 32.3 Å². The van der Waals surface area contributed by atoms with E-state index < -0.39 is 20.0 Å². The topological polar surface area (TPSA) is 243 Å². The van der Waals surface area contributed by atoms with Crippen LogP contribution in [0.3, 0.4) is 0 Å². The van der Waals surface area contributed by atoms with Gasteiger partial charge in [-0.25, -0.2) is 27.2 Å². The highest BCUT2D eigenvalue weighted by Gasteiger charge is 2.35. The van der Waals surface area contributed by atoms with Crippen molar-refractivity contribution in [1.29, 1.82) is 0 Å². The lowest BCUT2D eigenvalue weighted by Crippen LogP contribution is -2.33. The summed E-state index contributed by atoms with van der Waals surface area (Å²) in [5.74, 6) is -0.577. The van der Waals surface area contributed by atoms with Crippen LogP contribution in [0.25, 0.3) is 0 Å². The first kappa shape index (κ1) is 53.2. The van der Waals surface area contributed by atoms with E-state index in [0.29, 0.717) is 102 Å². The van der Waals surface area contributed by atoms with Crippen molar-refractivity contribution in [1.82, 2.24) is 60.5 Å². The molecular formula is C37H61F3N12O10. The molecule has 4 rings (SSSR count). The van der Waals surface area contributed by atoms with Gasteiger partial charge < -0.3 is 39.1 Å². The van der Waals surface area contributed by atoms with Crippen molar-refractivity contribution in [3.8, 4) is 0 Å². The van der Waals surface area contributed by atoms with Crippen LogP contribution < -0.4 is 10.6 Å². The number of carbonyl (C=O) groups excluding carboxylic acids is 4. The second-order valence-electron chi connectivity index (χ2n) is 13.1. The maximum absolute atomic E-state index is 11.9. The predicted octanol–water partition coefficient (Wildman–Crippen LogP) is 0.400. The summed E-state index contributed by atoms with van der Waals surface area (Å²) >= 11 is 0. The zero-order valence-electron chi connectivity index (χ0n) is 35.8. The number of halogens is 3. The molecule has 4 heterocycles. The molecule has 0 saturated carbocycles. The van der Waals surface area contributed by atoms with Gasteiger partial charge in [0.25, 0.3) is 0 Å². The summed E-state index contributed by atoms with van der Waals surface area (Å²) < 4.78 is 71.3. The Kier molecular flexibility index (Phi) is 28.9. The lowest BCUT2D eigenvalue weighted by atomic mass is 10.1. The van der Waals surface area contributed by atoms with Crippen molar-refractivity contribution in [2.45, 2.75) is 72.6 Å². The number of alkyl halides is 3. The smallest absolute Gasteiger partial charge is 0.232 e. The molecule has 62 heavy (non-hydrogen) atoms. The highest BCUT2D eigenvalue weighted by Crippen LogP contribution is 2.18. The van der Waals surface area contributed by atoms with Gasteiger partial charge in [-0.3, -0.25) is 24.1 Å². The van der Waals surface area contributed by atoms with Gasteiger partial charge in [0, 0.05) is 38.8 Å². The van der Waals surface area contributed by atoms with E-state index >= 15 is 0 Å². The van der Waals surface area contributed by atoms with Crippen molar-refractivity contribution in [2.75, 3.05) is 99.6 Å². The van der Waals surface area contributed by atoms with E-state index in [1.165, 1.54) is 4.90 Å². The Morgan fingerprint density at radius 3 is 1.48 bits per heavy atom. The zero-order chi connectivity index (χ0) is 45.2. The molecule has 350 valence electrons. The molecule has 25 heteroatoms. The van der Waals surface area contributed by atoms with Crippen LogP contribution in [-0.4, -0.2) is 173 Å². The predicted molar refractivity (Wildman–Crippen MR) is 212 cm³/mol. The maximum atomic E-state index is 11.9. The Hall–Kier alpha value is -4.95. The van der Waals surface area contributed by atoms with E-state index in [1.54, 1.807) is 53.5 Å². The quantitative estimate of drug-likeness (QED) is 0.0656. The summed E-state index contributed by atoms with van der Waals surface area (Å²) in [6.07, 6.45) is 6.27. The molecule has 4 amide bonds. The van der Waals surface area contributed by atoms with Crippen LogP contribution >= 0.6 is 0 Å². The van der Waals surface area contributed by atoms with E-state index in [1.807, 2.05) is 0 Å². The number of imide groups is 1. The third-order valence-electron chi connectivity index (χ3n) is 8.14. The van der Waals surface area contributed by atoms with Gasteiger partial charge in [0.1, 0.15) is 37.1 Å². The molecule has 3 aromatic heterocycles. The Labute approximate surface area is 358 Å². The summed E-state index contributed by atoms with van der Waals surface area (Å²) in [5, 5.41) is 28.7. The molecule has 1 fully saturated rings. The van der Waals surface area contributed by atoms with Crippen LogP contribution in [0.5, 0.6) is 0 Å². The van der Waals surface area contributed by atoms with E-state index in [2.05, 4.69) is 41.6 Å². The molecule has 1 aliphatic heterocycles. The van der Waals surface area contributed by atoms with Crippen LogP contribution in [0.1, 0.15) is 50.2 Å². The van der Waals surface area contributed by atoms with Gasteiger partial charge in [-0.05, 0) is 0 Å². The lowest BCUT2D eigenvalue weighted by Gasteiger charge is -2.13. The van der Waals surface area contributed by atoms with Gasteiger partial charge in [-0.2, -0.15) is 0 Å². The number of hydrogen-bond acceptors (Lipinski definition) is 16. The Bertz CT molecular complexity index is 1670. The molecule has 1 saturated heterocycles. The van der Waals surface area contributed by atoms with Gasteiger partial charge in [-0.1, -0.05) is 29.5 Å². The molecule has 0 radical (unpaired) electrons. The van der Waals surface area contributed by atoms with E-state index in [0.717, 1.165) is 0 Å². The normalized spacial score (nSPS) is 13.5. The van der Waals surface area contributed by atoms with Crippen molar-refractivity contribution in [2.24, 2.45) is 5.92 Å². The average Bonchev–Trinajstić information content (AvgIpc) is 4.09. The summed E-state index contributed by atoms with van der Waals surface area (Å²) in [6.45, 7) is 7.72. The number of aromatic nitrogens is 9. The molecular weight excluding hydrogens is 826 g/mol. The highest BCUT2D eigenvalue weighted by molar-refractivity contribution is 6.03. The number of nitrogens with one attached hydrogen (secondary N) is 2. The zero-order valence-corrected chi connectivity index (χ0v) is 35.8. The molecule has 2 N–H and O–H groups in total. The van der Waals surface area contributed by atoms with Crippen molar-refractivity contribution >= 4 is 23.6 Å². The number of carbonyl (C=O) groups is 4. The van der Waals surface area contributed by atoms with E-state index in [4.69, 9.17) is 28.4 Å². The molecule has 1 unspecified atom stereocenters. The van der Waals surface area contributed by atoms with Gasteiger partial charge in [-0.15, -0.1) is 15.3 Å². The fourth-order valence-corrected chi connectivity index (χ4v) is 4.93. The molecule has 0 bridgehead atoms. The largest absolute Gasteiger partial charge is 0.377 e. The minimum absolute atomic E-state index is 0.00724. The second kappa shape index (κ2) is 33.6. The average molecular weight is 888 g/mol. The Morgan fingerprint density at radius 2 is 1.08 bits per heavy atom. The molecule has 0 spiro atoms. The molecule has 0 aliphatic carbocycles. The summed E-state index contributed by atoms with van der Waals surface area (Å²) in [4.78, 5) is 46.5. The van der Waals surface area contributed by atoms with Crippen LogP contribution in [0.4, 0.5) is 13.2 Å². The van der Waals surface area contributed by atoms with Crippen LogP contribution in [0.15, 0.2) is 18.6 Å². The van der Waals surface area contributed by atoms with Gasteiger partial charge in [0.05, 0.1) is 124 Å². The maximum Gasteiger partial charge on any atom is 0.232 e. The molecule has 3 aromatic rings. The lowest BCUT2D eigenvalue weighted by molar-refractivity contribution is -0.140. The first-order chi connectivity index (χ1) is 30.1. The molecule has 1 atom stereocenters. The van der Waals surface area contributed by atoms with Crippen LogP contribution in [-0.2, 0) is 87.1 Å².